The molecule has 2 aliphatic rings. The molecule has 3 heterocycles. The first-order valence-electron chi connectivity index (χ1n) is 5.29. The number of hydrogen-bond donors (Lipinski definition) is 1. The van der Waals surface area contributed by atoms with Gasteiger partial charge in [0.05, 0.1) is 20.1 Å². The molecule has 0 aromatic carbocycles. The van der Waals surface area contributed by atoms with Crippen molar-refractivity contribution < 1.29 is 4.79 Å². The van der Waals surface area contributed by atoms with Gasteiger partial charge >= 0.3 is 0 Å². The van der Waals surface area contributed by atoms with E-state index < -0.39 is 0 Å². The minimum Gasteiger partial charge on any atom is -0.348 e. The topological polar surface area (TPSA) is 34.0 Å². The number of hydrogen-bond acceptors (Lipinski definition) is 2. The van der Waals surface area contributed by atoms with Gasteiger partial charge in [0, 0.05) is 6.54 Å². The van der Waals surface area contributed by atoms with Gasteiger partial charge in [0.2, 0.25) is 0 Å². The summed E-state index contributed by atoms with van der Waals surface area (Å²) in [5.74, 6) is 0.0389. The van der Waals surface area contributed by atoms with Crippen molar-refractivity contribution in [1.82, 2.24) is 9.88 Å². The molecule has 1 spiro atoms. The molecule has 2 aromatic rings. The highest BCUT2D eigenvalue weighted by Gasteiger charge is 2.49. The Kier molecular flexibility index (Phi) is 1.49. The van der Waals surface area contributed by atoms with Crippen molar-refractivity contribution in [2.45, 2.75) is 18.4 Å². The molecular formula is C11H9ClN2OS. The van der Waals surface area contributed by atoms with Crippen molar-refractivity contribution in [2.24, 2.45) is 0 Å². The number of carbonyl (C=O) groups excluding carboxylic acids is 1. The zero-order chi connectivity index (χ0) is 10.9. The van der Waals surface area contributed by atoms with Crippen molar-refractivity contribution >= 4 is 39.1 Å². The molecule has 1 saturated carbocycles. The van der Waals surface area contributed by atoms with Crippen molar-refractivity contribution in [3.63, 3.8) is 0 Å². The molecule has 0 radical (unpaired) electrons. The van der Waals surface area contributed by atoms with Gasteiger partial charge in [-0.2, -0.15) is 0 Å². The number of amides is 1. The fourth-order valence-electron chi connectivity index (χ4n) is 2.60. The van der Waals surface area contributed by atoms with Gasteiger partial charge < -0.3 is 9.88 Å². The summed E-state index contributed by atoms with van der Waals surface area (Å²) in [7, 11) is 0. The average molecular weight is 253 g/mol. The second-order valence-corrected chi connectivity index (χ2v) is 6.29. The number of carbonyl (C=O) groups is 1. The van der Waals surface area contributed by atoms with Gasteiger partial charge in [-0.1, -0.05) is 11.6 Å². The van der Waals surface area contributed by atoms with Crippen LogP contribution in [0.3, 0.4) is 0 Å². The molecule has 0 atom stereocenters. The van der Waals surface area contributed by atoms with Gasteiger partial charge in [0.1, 0.15) is 5.69 Å². The number of halogens is 1. The van der Waals surface area contributed by atoms with E-state index in [1.54, 1.807) is 11.3 Å². The number of aromatic nitrogens is 1. The summed E-state index contributed by atoms with van der Waals surface area (Å²) in [6, 6.07) is 3.93. The molecule has 0 unspecified atom stereocenters. The third-order valence-corrected chi connectivity index (χ3v) is 4.77. The Hall–Kier alpha value is -1.00. The maximum atomic E-state index is 11.8. The maximum Gasteiger partial charge on any atom is 0.268 e. The fraction of sp³-hybridized carbons (Fsp3) is 0.364. The minimum atomic E-state index is 0.0389. The number of nitrogens with one attached hydrogen (secondary N) is 1. The standard InChI is InChI=1S/C11H9ClN2OS/c12-9-4-6-8(16-9)3-7-10(15)13-5-11(1-2-11)14(6)7/h3-4H,1-2,5H2,(H,13,15). The van der Waals surface area contributed by atoms with Gasteiger partial charge in [0.25, 0.3) is 5.91 Å². The van der Waals surface area contributed by atoms with Gasteiger partial charge in [-0.3, -0.25) is 4.79 Å². The molecule has 3 nitrogen and oxygen atoms in total. The normalized spacial score (nSPS) is 21.2. The van der Waals surface area contributed by atoms with Crippen LogP contribution in [0.5, 0.6) is 0 Å². The van der Waals surface area contributed by atoms with E-state index in [0.29, 0.717) is 0 Å². The van der Waals surface area contributed by atoms with Crippen LogP contribution in [0.25, 0.3) is 10.2 Å². The van der Waals surface area contributed by atoms with E-state index >= 15 is 0 Å². The molecule has 0 bridgehead atoms. The molecule has 1 N–H and O–H groups in total. The third-order valence-electron chi connectivity index (χ3n) is 3.57. The zero-order valence-corrected chi connectivity index (χ0v) is 9.99. The Morgan fingerprint density at radius 2 is 2.25 bits per heavy atom. The van der Waals surface area contributed by atoms with Crippen LogP contribution in [0.4, 0.5) is 0 Å². The Bertz CT molecular complexity index is 623. The van der Waals surface area contributed by atoms with Crippen LogP contribution in [0, 0.1) is 0 Å². The molecule has 5 heteroatoms. The van der Waals surface area contributed by atoms with Gasteiger partial charge in [-0.05, 0) is 25.0 Å². The lowest BCUT2D eigenvalue weighted by Crippen LogP contribution is -2.43. The molecular weight excluding hydrogens is 244 g/mol. The second kappa shape index (κ2) is 2.63. The molecule has 16 heavy (non-hydrogen) atoms. The van der Waals surface area contributed by atoms with Crippen molar-refractivity contribution in [3.05, 3.63) is 22.2 Å². The van der Waals surface area contributed by atoms with E-state index in [1.807, 2.05) is 12.1 Å². The molecule has 1 aliphatic carbocycles. The SMILES string of the molecule is O=C1NCC2(CC2)n2c1cc1sc(Cl)cc12. The summed E-state index contributed by atoms with van der Waals surface area (Å²) < 4.78 is 4.11. The first-order chi connectivity index (χ1) is 7.70. The zero-order valence-electron chi connectivity index (χ0n) is 8.42. The van der Waals surface area contributed by atoms with Crippen molar-refractivity contribution in [3.8, 4) is 0 Å². The number of thiophene rings is 1. The van der Waals surface area contributed by atoms with Crippen LogP contribution in [-0.2, 0) is 5.54 Å². The molecule has 1 fully saturated rings. The molecule has 82 valence electrons. The van der Waals surface area contributed by atoms with E-state index in [4.69, 9.17) is 11.6 Å². The number of nitrogens with zero attached hydrogens (tertiary/aromatic N) is 1. The Balaban J connectivity index is 2.11. The Morgan fingerprint density at radius 1 is 1.44 bits per heavy atom. The van der Waals surface area contributed by atoms with Gasteiger partial charge in [-0.25, -0.2) is 0 Å². The summed E-state index contributed by atoms with van der Waals surface area (Å²) in [6.07, 6.45) is 2.30. The van der Waals surface area contributed by atoms with Gasteiger partial charge in [-0.15, -0.1) is 11.3 Å². The van der Waals surface area contributed by atoms with E-state index in [2.05, 4.69) is 9.88 Å². The van der Waals surface area contributed by atoms with Crippen LogP contribution >= 0.6 is 22.9 Å². The first kappa shape index (κ1) is 9.07. The lowest BCUT2D eigenvalue weighted by molar-refractivity contribution is 0.0911. The summed E-state index contributed by atoms with van der Waals surface area (Å²) in [4.78, 5) is 11.8. The van der Waals surface area contributed by atoms with Crippen LogP contribution in [-0.4, -0.2) is 17.0 Å². The molecule has 1 aliphatic heterocycles. The van der Waals surface area contributed by atoms with Crippen LogP contribution in [0.2, 0.25) is 4.34 Å². The predicted octanol–water partition coefficient (Wildman–Crippen LogP) is 2.59. The minimum absolute atomic E-state index is 0.0389. The summed E-state index contributed by atoms with van der Waals surface area (Å²) in [5.41, 5.74) is 2.06. The van der Waals surface area contributed by atoms with E-state index in [9.17, 15) is 4.79 Å². The summed E-state index contributed by atoms with van der Waals surface area (Å²) in [5, 5.41) is 2.97. The van der Waals surface area contributed by atoms with Crippen LogP contribution in [0.1, 0.15) is 23.3 Å². The lowest BCUT2D eigenvalue weighted by Gasteiger charge is -2.26. The Morgan fingerprint density at radius 3 is 3.00 bits per heavy atom. The molecule has 4 rings (SSSR count). The maximum absolute atomic E-state index is 11.8. The smallest absolute Gasteiger partial charge is 0.268 e. The van der Waals surface area contributed by atoms with Crippen LogP contribution in [0.15, 0.2) is 12.1 Å². The fourth-order valence-corrected chi connectivity index (χ4v) is 3.76. The average Bonchev–Trinajstić information content (AvgIpc) is 2.78. The van der Waals surface area contributed by atoms with E-state index in [-0.39, 0.29) is 11.4 Å². The van der Waals surface area contributed by atoms with Crippen molar-refractivity contribution in [1.29, 1.82) is 0 Å². The highest BCUT2D eigenvalue weighted by Crippen LogP contribution is 2.49. The first-order valence-corrected chi connectivity index (χ1v) is 6.49. The quantitative estimate of drug-likeness (QED) is 0.768. The molecule has 1 amide bonds. The highest BCUT2D eigenvalue weighted by atomic mass is 35.5. The molecule has 2 aromatic heterocycles. The lowest BCUT2D eigenvalue weighted by atomic mass is 10.2. The van der Waals surface area contributed by atoms with Crippen molar-refractivity contribution in [2.75, 3.05) is 6.54 Å². The third kappa shape index (κ3) is 0.967. The number of rotatable bonds is 0. The monoisotopic (exact) mass is 252 g/mol. The highest BCUT2D eigenvalue weighted by molar-refractivity contribution is 7.22. The second-order valence-electron chi connectivity index (χ2n) is 4.57. The predicted molar refractivity (Wildman–Crippen MR) is 64.4 cm³/mol. The van der Waals surface area contributed by atoms with Gasteiger partial charge in [0.15, 0.2) is 0 Å². The van der Waals surface area contributed by atoms with E-state index in [1.165, 1.54) is 0 Å². The summed E-state index contributed by atoms with van der Waals surface area (Å²) >= 11 is 7.56. The molecule has 0 saturated heterocycles. The van der Waals surface area contributed by atoms with Crippen LogP contribution < -0.4 is 5.32 Å². The largest absolute Gasteiger partial charge is 0.348 e. The number of fused-ring (bicyclic) bond motifs is 4. The van der Waals surface area contributed by atoms with E-state index in [0.717, 1.165) is 39.6 Å². The summed E-state index contributed by atoms with van der Waals surface area (Å²) in [6.45, 7) is 0.760. The Labute approximate surface area is 101 Å².